The van der Waals surface area contributed by atoms with Gasteiger partial charge in [0.1, 0.15) is 23.1 Å². The number of esters is 1. The van der Waals surface area contributed by atoms with E-state index in [-0.39, 0.29) is 24.6 Å². The number of ether oxygens (including phenoxy) is 2. The average molecular weight is 535 g/mol. The molecule has 1 aliphatic heterocycles. The normalized spacial score (nSPS) is 19.6. The number of imidazole rings is 1. The van der Waals surface area contributed by atoms with Crippen molar-refractivity contribution >= 4 is 33.9 Å². The summed E-state index contributed by atoms with van der Waals surface area (Å²) >= 11 is 0. The van der Waals surface area contributed by atoms with Crippen LogP contribution in [0.5, 0.6) is 5.75 Å². The van der Waals surface area contributed by atoms with Crippen molar-refractivity contribution in [3.05, 3.63) is 41.6 Å². The second-order valence-electron chi connectivity index (χ2n) is 10.5. The fraction of sp³-hybridized carbons (Fsp3) is 0.429. The highest BCUT2D eigenvalue weighted by Crippen LogP contribution is 2.37. The Morgan fingerprint density at radius 3 is 2.62 bits per heavy atom. The number of benzene rings is 1. The first-order valence-corrected chi connectivity index (χ1v) is 13.1. The maximum Gasteiger partial charge on any atom is 0.356 e. The molecule has 11 heteroatoms. The Morgan fingerprint density at radius 1 is 1.13 bits per heavy atom. The van der Waals surface area contributed by atoms with Crippen LogP contribution in [-0.4, -0.2) is 75.4 Å². The number of alkyl halides is 1. The lowest BCUT2D eigenvalue weighted by molar-refractivity contribution is 0.0592. The molecule has 39 heavy (non-hydrogen) atoms. The Hall–Kier alpha value is -3.99. The highest BCUT2D eigenvalue weighted by atomic mass is 19.1. The van der Waals surface area contributed by atoms with E-state index in [1.807, 2.05) is 23.7 Å². The first-order valence-electron chi connectivity index (χ1n) is 13.1. The van der Waals surface area contributed by atoms with Gasteiger partial charge in [-0.3, -0.25) is 4.79 Å². The van der Waals surface area contributed by atoms with Gasteiger partial charge in [0, 0.05) is 37.1 Å². The molecule has 2 atom stereocenters. The Morgan fingerprint density at radius 2 is 1.92 bits per heavy atom. The van der Waals surface area contributed by atoms with Crippen LogP contribution >= 0.6 is 0 Å². The molecular formula is C28H31FN6O4. The third-order valence-corrected chi connectivity index (χ3v) is 7.63. The molecule has 1 amide bonds. The fourth-order valence-electron chi connectivity index (χ4n) is 5.52. The quantitative estimate of drug-likeness (QED) is 0.377. The first-order chi connectivity index (χ1) is 18.8. The van der Waals surface area contributed by atoms with E-state index in [4.69, 9.17) is 20.2 Å². The van der Waals surface area contributed by atoms with Crippen LogP contribution in [-0.2, 0) is 18.3 Å². The predicted octanol–water partition coefficient (Wildman–Crippen LogP) is 3.31. The Bertz CT molecular complexity index is 1600. The Labute approximate surface area is 224 Å². The number of amides is 1. The second kappa shape index (κ2) is 9.64. The van der Waals surface area contributed by atoms with E-state index < -0.39 is 18.2 Å². The van der Waals surface area contributed by atoms with Crippen LogP contribution in [0.25, 0.3) is 33.6 Å². The number of aryl methyl sites for hydroxylation is 1. The molecule has 2 fully saturated rings. The summed E-state index contributed by atoms with van der Waals surface area (Å²) in [5.41, 5.74) is 9.45. The van der Waals surface area contributed by atoms with Crippen molar-refractivity contribution in [2.75, 3.05) is 27.3 Å². The molecule has 10 nitrogen and oxygen atoms in total. The van der Waals surface area contributed by atoms with Gasteiger partial charge < -0.3 is 29.2 Å². The van der Waals surface area contributed by atoms with Crippen LogP contribution in [0.4, 0.5) is 4.39 Å². The van der Waals surface area contributed by atoms with E-state index in [9.17, 15) is 14.0 Å². The lowest BCUT2D eigenvalue weighted by Crippen LogP contribution is -2.50. The van der Waals surface area contributed by atoms with Gasteiger partial charge in [-0.1, -0.05) is 0 Å². The number of methoxy groups -OCH3 is 2. The Balaban J connectivity index is 1.47. The number of aromatic nitrogens is 4. The molecular weight excluding hydrogens is 503 g/mol. The monoisotopic (exact) mass is 534 g/mol. The number of pyridine rings is 1. The number of hydrogen-bond acceptors (Lipinski definition) is 7. The van der Waals surface area contributed by atoms with Gasteiger partial charge in [-0.25, -0.2) is 19.2 Å². The minimum Gasteiger partial charge on any atom is -0.494 e. The lowest BCUT2D eigenvalue weighted by Gasteiger charge is -2.33. The molecule has 4 aromatic rings. The van der Waals surface area contributed by atoms with E-state index in [1.165, 1.54) is 12.0 Å². The zero-order valence-electron chi connectivity index (χ0n) is 22.2. The number of fused-ring (bicyclic) bond motifs is 2. The number of piperidine rings is 1. The SMILES string of the molecule is COC(=O)c1ccc2cc(-c3nc4cc(C(=O)N5C[C@H](N)C[C@@H](F)C5)cc(OC)c4n3C)n(CC3CC3)c2n1. The number of likely N-dealkylation sites (tertiary alicyclic amines) is 1. The molecule has 6 rings (SSSR count). The molecule has 1 saturated carbocycles. The topological polar surface area (TPSA) is 118 Å². The number of rotatable bonds is 6. The summed E-state index contributed by atoms with van der Waals surface area (Å²) < 4.78 is 28.8. The first kappa shape index (κ1) is 25.3. The van der Waals surface area contributed by atoms with Gasteiger partial charge in [-0.2, -0.15) is 0 Å². The summed E-state index contributed by atoms with van der Waals surface area (Å²) in [4.78, 5) is 36.5. The molecule has 0 unspecified atom stereocenters. The second-order valence-corrected chi connectivity index (χ2v) is 10.5. The van der Waals surface area contributed by atoms with Crippen LogP contribution < -0.4 is 10.5 Å². The molecule has 2 N–H and O–H groups in total. The molecule has 4 heterocycles. The molecule has 1 aliphatic carbocycles. The van der Waals surface area contributed by atoms with Crippen molar-refractivity contribution in [2.45, 2.75) is 38.0 Å². The minimum atomic E-state index is -1.15. The number of carbonyl (C=O) groups excluding carboxylic acids is 2. The molecule has 0 bridgehead atoms. The van der Waals surface area contributed by atoms with Gasteiger partial charge in [0.25, 0.3) is 5.91 Å². The lowest BCUT2D eigenvalue weighted by atomic mass is 10.0. The van der Waals surface area contributed by atoms with E-state index in [0.717, 1.165) is 36.0 Å². The van der Waals surface area contributed by atoms with E-state index >= 15 is 0 Å². The molecule has 204 valence electrons. The summed E-state index contributed by atoms with van der Waals surface area (Å²) in [7, 11) is 4.79. The smallest absolute Gasteiger partial charge is 0.356 e. The van der Waals surface area contributed by atoms with Crippen LogP contribution in [0, 0.1) is 5.92 Å². The van der Waals surface area contributed by atoms with Crippen LogP contribution in [0.1, 0.15) is 40.1 Å². The Kier molecular flexibility index (Phi) is 6.25. The van der Waals surface area contributed by atoms with E-state index in [2.05, 4.69) is 9.55 Å². The highest BCUT2D eigenvalue weighted by molar-refractivity contribution is 6.00. The number of carbonyl (C=O) groups is 2. The van der Waals surface area contributed by atoms with Crippen molar-refractivity contribution in [1.82, 2.24) is 24.0 Å². The minimum absolute atomic E-state index is 0.0161. The number of halogens is 1. The van der Waals surface area contributed by atoms with Gasteiger partial charge in [-0.05, 0) is 55.5 Å². The molecule has 3 aromatic heterocycles. The molecule has 0 spiro atoms. The van der Waals surface area contributed by atoms with Crippen molar-refractivity contribution in [3.63, 3.8) is 0 Å². The van der Waals surface area contributed by atoms with Crippen LogP contribution in [0.3, 0.4) is 0 Å². The standard InChI is InChI=1S/C28H31FN6O4/c1-33-24-21(8-17(10-23(24)38-2)27(36)34-13-18(29)11-19(30)14-34)32-26(33)22-9-16-6-7-20(28(37)39-3)31-25(16)35(22)12-15-4-5-15/h6-10,15,18-19H,4-5,11-14,30H2,1-3H3/t18-,19-/m1/s1. The van der Waals surface area contributed by atoms with Crippen molar-refractivity contribution in [3.8, 4) is 17.3 Å². The summed E-state index contributed by atoms with van der Waals surface area (Å²) in [5.74, 6) is 0.909. The van der Waals surface area contributed by atoms with Crippen LogP contribution in [0.15, 0.2) is 30.3 Å². The molecule has 0 radical (unpaired) electrons. The predicted molar refractivity (Wildman–Crippen MR) is 143 cm³/mol. The van der Waals surface area contributed by atoms with Gasteiger partial charge in [0.15, 0.2) is 11.5 Å². The van der Waals surface area contributed by atoms with Crippen molar-refractivity contribution in [1.29, 1.82) is 0 Å². The summed E-state index contributed by atoms with van der Waals surface area (Å²) in [6.07, 6.45) is 1.38. The third kappa shape index (κ3) is 4.50. The van der Waals surface area contributed by atoms with Gasteiger partial charge in [0.2, 0.25) is 0 Å². The molecule has 1 aromatic carbocycles. The van der Waals surface area contributed by atoms with Gasteiger partial charge in [-0.15, -0.1) is 0 Å². The number of hydrogen-bond donors (Lipinski definition) is 1. The third-order valence-electron chi connectivity index (χ3n) is 7.63. The van der Waals surface area contributed by atoms with Crippen molar-refractivity contribution in [2.24, 2.45) is 18.7 Å². The highest BCUT2D eigenvalue weighted by Gasteiger charge is 2.30. The number of nitrogens with two attached hydrogens (primary N) is 1. The van der Waals surface area contributed by atoms with Crippen LogP contribution in [0.2, 0.25) is 0 Å². The zero-order chi connectivity index (χ0) is 27.4. The van der Waals surface area contributed by atoms with Gasteiger partial charge in [0.05, 0.1) is 32.0 Å². The molecule has 2 aliphatic rings. The number of nitrogens with zero attached hydrogens (tertiary/aromatic N) is 5. The average Bonchev–Trinajstić information content (AvgIpc) is 3.60. The molecule has 1 saturated heterocycles. The van der Waals surface area contributed by atoms with Gasteiger partial charge >= 0.3 is 5.97 Å². The van der Waals surface area contributed by atoms with E-state index in [0.29, 0.717) is 40.8 Å². The summed E-state index contributed by atoms with van der Waals surface area (Å²) in [6.45, 7) is 1.07. The summed E-state index contributed by atoms with van der Waals surface area (Å²) in [6, 6.07) is 8.53. The van der Waals surface area contributed by atoms with E-state index in [1.54, 1.807) is 25.3 Å². The zero-order valence-corrected chi connectivity index (χ0v) is 22.2. The maximum atomic E-state index is 14.2. The fourth-order valence-corrected chi connectivity index (χ4v) is 5.52. The summed E-state index contributed by atoms with van der Waals surface area (Å²) in [5, 5.41) is 0.885. The van der Waals surface area contributed by atoms with Crippen molar-refractivity contribution < 1.29 is 23.5 Å². The largest absolute Gasteiger partial charge is 0.494 e. The maximum absolute atomic E-state index is 14.2.